The summed E-state index contributed by atoms with van der Waals surface area (Å²) in [6.45, 7) is 0. The largest absolute Gasteiger partial charge is 0.399 e. The number of rotatable bonds is 3. The fraction of sp³-hybridized carbons (Fsp3) is 0.294. The Morgan fingerprint density at radius 3 is 2.85 bits per heavy atom. The summed E-state index contributed by atoms with van der Waals surface area (Å²) < 4.78 is 12.5. The molecule has 0 spiro atoms. The molecule has 104 valence electrons. The van der Waals surface area contributed by atoms with Crippen molar-refractivity contribution < 1.29 is 4.21 Å². The molecular formula is C17H19NOS. The Morgan fingerprint density at radius 1 is 1.15 bits per heavy atom. The maximum Gasteiger partial charge on any atom is 0.0536 e. The SMILES string of the molecule is Nc1cccc(S(=O)CC2CCCc3ccccc32)c1. The molecule has 0 amide bonds. The summed E-state index contributed by atoms with van der Waals surface area (Å²) in [7, 11) is -0.979. The number of benzene rings is 2. The summed E-state index contributed by atoms with van der Waals surface area (Å²) in [4.78, 5) is 0.841. The van der Waals surface area contributed by atoms with Gasteiger partial charge in [-0.05, 0) is 54.5 Å². The van der Waals surface area contributed by atoms with Crippen LogP contribution >= 0.6 is 0 Å². The lowest BCUT2D eigenvalue weighted by atomic mass is 9.84. The van der Waals surface area contributed by atoms with Crippen molar-refractivity contribution in [2.75, 3.05) is 11.5 Å². The monoisotopic (exact) mass is 285 g/mol. The van der Waals surface area contributed by atoms with Gasteiger partial charge in [0.25, 0.3) is 0 Å². The van der Waals surface area contributed by atoms with E-state index in [0.29, 0.717) is 17.4 Å². The van der Waals surface area contributed by atoms with Gasteiger partial charge in [-0.3, -0.25) is 4.21 Å². The molecule has 0 aromatic heterocycles. The Hall–Kier alpha value is -1.61. The van der Waals surface area contributed by atoms with Crippen LogP contribution in [0.3, 0.4) is 0 Å². The minimum Gasteiger partial charge on any atom is -0.399 e. The van der Waals surface area contributed by atoms with Gasteiger partial charge in [0.05, 0.1) is 10.8 Å². The van der Waals surface area contributed by atoms with Crippen molar-refractivity contribution in [3.63, 3.8) is 0 Å². The minimum absolute atomic E-state index is 0.405. The quantitative estimate of drug-likeness (QED) is 0.877. The molecule has 2 atom stereocenters. The molecule has 0 heterocycles. The highest BCUT2D eigenvalue weighted by molar-refractivity contribution is 7.85. The van der Waals surface area contributed by atoms with Gasteiger partial charge in [-0.2, -0.15) is 0 Å². The molecule has 1 aliphatic carbocycles. The minimum atomic E-state index is -0.979. The van der Waals surface area contributed by atoms with E-state index in [4.69, 9.17) is 5.73 Å². The van der Waals surface area contributed by atoms with Gasteiger partial charge < -0.3 is 5.73 Å². The molecule has 2 aromatic carbocycles. The molecule has 2 aromatic rings. The molecule has 2 unspecified atom stereocenters. The van der Waals surface area contributed by atoms with E-state index in [1.807, 2.05) is 24.3 Å². The first-order chi connectivity index (χ1) is 9.74. The second kappa shape index (κ2) is 5.80. The maximum absolute atomic E-state index is 12.5. The van der Waals surface area contributed by atoms with Crippen molar-refractivity contribution in [1.82, 2.24) is 0 Å². The average molecular weight is 285 g/mol. The van der Waals surface area contributed by atoms with E-state index in [0.717, 1.165) is 17.7 Å². The highest BCUT2D eigenvalue weighted by atomic mass is 32.2. The lowest BCUT2D eigenvalue weighted by Gasteiger charge is -2.25. The van der Waals surface area contributed by atoms with Gasteiger partial charge in [0.2, 0.25) is 0 Å². The third-order valence-electron chi connectivity index (χ3n) is 3.97. The van der Waals surface area contributed by atoms with Gasteiger partial charge in [-0.15, -0.1) is 0 Å². The van der Waals surface area contributed by atoms with Crippen LogP contribution in [0, 0.1) is 0 Å². The summed E-state index contributed by atoms with van der Waals surface area (Å²) in [5.74, 6) is 1.10. The standard InChI is InChI=1S/C17H19NOS/c18-15-8-4-9-16(11-15)20(19)12-14-7-3-6-13-5-1-2-10-17(13)14/h1-2,4-5,8-11,14H,3,6-7,12,18H2. The van der Waals surface area contributed by atoms with Crippen LogP contribution in [0.1, 0.15) is 29.9 Å². The summed E-state index contributed by atoms with van der Waals surface area (Å²) in [5, 5.41) is 0. The number of nitrogens with two attached hydrogens (primary N) is 1. The maximum atomic E-state index is 12.5. The van der Waals surface area contributed by atoms with E-state index in [1.165, 1.54) is 17.5 Å². The Kier molecular flexibility index (Phi) is 3.88. The van der Waals surface area contributed by atoms with Gasteiger partial charge in [-0.1, -0.05) is 30.3 Å². The smallest absolute Gasteiger partial charge is 0.0536 e. The first-order valence-corrected chi connectivity index (χ1v) is 8.37. The second-order valence-corrected chi connectivity index (χ2v) is 6.87. The third-order valence-corrected chi connectivity index (χ3v) is 5.45. The molecule has 0 aliphatic heterocycles. The van der Waals surface area contributed by atoms with E-state index in [9.17, 15) is 4.21 Å². The van der Waals surface area contributed by atoms with Crippen molar-refractivity contribution in [3.05, 3.63) is 59.7 Å². The van der Waals surface area contributed by atoms with Crippen LogP contribution in [0.15, 0.2) is 53.4 Å². The number of hydrogen-bond donors (Lipinski definition) is 1. The van der Waals surface area contributed by atoms with Crippen molar-refractivity contribution >= 4 is 16.5 Å². The zero-order chi connectivity index (χ0) is 13.9. The molecule has 3 heteroatoms. The highest BCUT2D eigenvalue weighted by Gasteiger charge is 2.22. The Labute approximate surface area is 122 Å². The molecule has 20 heavy (non-hydrogen) atoms. The number of hydrogen-bond acceptors (Lipinski definition) is 2. The van der Waals surface area contributed by atoms with Gasteiger partial charge in [0, 0.05) is 16.3 Å². The second-order valence-electron chi connectivity index (χ2n) is 5.37. The Morgan fingerprint density at radius 2 is 2.00 bits per heavy atom. The van der Waals surface area contributed by atoms with Gasteiger partial charge >= 0.3 is 0 Å². The van der Waals surface area contributed by atoms with Crippen LogP contribution in [0.25, 0.3) is 0 Å². The Balaban J connectivity index is 1.81. The van der Waals surface area contributed by atoms with Crippen LogP contribution in [0.2, 0.25) is 0 Å². The van der Waals surface area contributed by atoms with E-state index in [-0.39, 0.29) is 0 Å². The van der Waals surface area contributed by atoms with E-state index >= 15 is 0 Å². The number of nitrogen functional groups attached to an aromatic ring is 1. The van der Waals surface area contributed by atoms with Gasteiger partial charge in [0.15, 0.2) is 0 Å². The third kappa shape index (κ3) is 2.78. The summed E-state index contributed by atoms with van der Waals surface area (Å²) in [5.41, 5.74) is 9.26. The van der Waals surface area contributed by atoms with Crippen molar-refractivity contribution in [2.24, 2.45) is 0 Å². The van der Waals surface area contributed by atoms with Gasteiger partial charge in [-0.25, -0.2) is 0 Å². The van der Waals surface area contributed by atoms with Crippen molar-refractivity contribution in [1.29, 1.82) is 0 Å². The van der Waals surface area contributed by atoms with Crippen molar-refractivity contribution in [2.45, 2.75) is 30.1 Å². The number of aryl methyl sites for hydroxylation is 1. The molecule has 0 saturated carbocycles. The van der Waals surface area contributed by atoms with Crippen LogP contribution < -0.4 is 5.73 Å². The van der Waals surface area contributed by atoms with E-state index < -0.39 is 10.8 Å². The summed E-state index contributed by atoms with van der Waals surface area (Å²) in [6, 6.07) is 16.0. The fourth-order valence-electron chi connectivity index (χ4n) is 2.96. The summed E-state index contributed by atoms with van der Waals surface area (Å²) >= 11 is 0. The first-order valence-electron chi connectivity index (χ1n) is 7.06. The number of anilines is 1. The molecule has 0 fully saturated rings. The van der Waals surface area contributed by atoms with Crippen LogP contribution in [0.5, 0.6) is 0 Å². The zero-order valence-corrected chi connectivity index (χ0v) is 12.2. The lowest BCUT2D eigenvalue weighted by molar-refractivity contribution is 0.588. The molecule has 2 nitrogen and oxygen atoms in total. The van der Waals surface area contributed by atoms with Crippen LogP contribution in [-0.2, 0) is 17.2 Å². The topological polar surface area (TPSA) is 43.1 Å². The average Bonchev–Trinajstić information content (AvgIpc) is 2.47. The molecule has 0 bridgehead atoms. The fourth-order valence-corrected chi connectivity index (χ4v) is 4.36. The number of fused-ring (bicyclic) bond motifs is 1. The predicted octanol–water partition coefficient (Wildman–Crippen LogP) is 3.50. The predicted molar refractivity (Wildman–Crippen MR) is 84.3 cm³/mol. The molecular weight excluding hydrogens is 266 g/mol. The summed E-state index contributed by atoms with van der Waals surface area (Å²) in [6.07, 6.45) is 3.47. The molecule has 0 saturated heterocycles. The van der Waals surface area contributed by atoms with Crippen LogP contribution in [-0.4, -0.2) is 9.96 Å². The van der Waals surface area contributed by atoms with Gasteiger partial charge in [0.1, 0.15) is 0 Å². The molecule has 1 aliphatic rings. The van der Waals surface area contributed by atoms with E-state index in [1.54, 1.807) is 0 Å². The highest BCUT2D eigenvalue weighted by Crippen LogP contribution is 2.32. The molecule has 2 N–H and O–H groups in total. The Bertz CT molecular complexity index is 638. The zero-order valence-electron chi connectivity index (χ0n) is 11.4. The van der Waals surface area contributed by atoms with Crippen molar-refractivity contribution in [3.8, 4) is 0 Å². The van der Waals surface area contributed by atoms with E-state index in [2.05, 4.69) is 24.3 Å². The molecule has 0 radical (unpaired) electrons. The lowest BCUT2D eigenvalue weighted by Crippen LogP contribution is -2.16. The van der Waals surface area contributed by atoms with Crippen LogP contribution in [0.4, 0.5) is 5.69 Å². The molecule has 3 rings (SSSR count). The normalized spacial score (nSPS) is 19.3. The first kappa shape index (κ1) is 13.4.